The highest BCUT2D eigenvalue weighted by atomic mass is 16.2. The molecule has 8 nitrogen and oxygen atoms in total. The van der Waals surface area contributed by atoms with Crippen molar-refractivity contribution < 1.29 is 14.4 Å². The van der Waals surface area contributed by atoms with Crippen LogP contribution in [0.25, 0.3) is 0 Å². The van der Waals surface area contributed by atoms with Gasteiger partial charge in [0.05, 0.1) is 24.3 Å². The van der Waals surface area contributed by atoms with Crippen LogP contribution in [0.5, 0.6) is 0 Å². The highest BCUT2D eigenvalue weighted by Gasteiger charge is 2.54. The van der Waals surface area contributed by atoms with Gasteiger partial charge < -0.3 is 9.88 Å². The fourth-order valence-corrected chi connectivity index (χ4v) is 4.97. The van der Waals surface area contributed by atoms with Crippen molar-refractivity contribution in [3.05, 3.63) is 11.6 Å². The first-order valence-corrected chi connectivity index (χ1v) is 9.99. The molecule has 0 radical (unpaired) electrons. The summed E-state index contributed by atoms with van der Waals surface area (Å²) in [6, 6.07) is 0. The summed E-state index contributed by atoms with van der Waals surface area (Å²) in [6.45, 7) is 3.19. The maximum Gasteiger partial charge on any atom is 0.233 e. The van der Waals surface area contributed by atoms with Gasteiger partial charge in [-0.3, -0.25) is 19.3 Å². The highest BCUT2D eigenvalue weighted by molar-refractivity contribution is 6.06. The second-order valence-electron chi connectivity index (χ2n) is 8.16. The molecule has 3 amide bonds. The van der Waals surface area contributed by atoms with E-state index in [0.717, 1.165) is 43.9 Å². The summed E-state index contributed by atoms with van der Waals surface area (Å²) in [6.07, 6.45) is 5.79. The van der Waals surface area contributed by atoms with Crippen molar-refractivity contribution in [3.8, 4) is 0 Å². The van der Waals surface area contributed by atoms with Crippen molar-refractivity contribution in [2.75, 3.05) is 7.05 Å². The van der Waals surface area contributed by atoms with Gasteiger partial charge in [0.25, 0.3) is 0 Å². The van der Waals surface area contributed by atoms with Crippen molar-refractivity contribution in [1.82, 2.24) is 25.0 Å². The minimum absolute atomic E-state index is 0.0741. The van der Waals surface area contributed by atoms with E-state index in [1.165, 1.54) is 18.4 Å². The van der Waals surface area contributed by atoms with E-state index in [1.54, 1.807) is 0 Å². The number of imide groups is 1. The Bertz CT molecular complexity index is 773. The molecule has 4 rings (SSSR count). The van der Waals surface area contributed by atoms with Gasteiger partial charge in [0, 0.05) is 20.0 Å². The minimum Gasteiger partial charge on any atom is -0.349 e. The fraction of sp³-hybridized carbons (Fsp3) is 0.737. The van der Waals surface area contributed by atoms with E-state index in [4.69, 9.17) is 0 Å². The summed E-state index contributed by atoms with van der Waals surface area (Å²) < 4.78 is 2.11. The molecule has 1 aromatic rings. The number of nitrogens with zero attached hydrogens (tertiary/aromatic N) is 4. The maximum absolute atomic E-state index is 13.0. The number of fused-ring (bicyclic) bond motifs is 2. The van der Waals surface area contributed by atoms with Crippen LogP contribution in [0.3, 0.4) is 0 Å². The molecule has 27 heavy (non-hydrogen) atoms. The first-order valence-electron chi connectivity index (χ1n) is 9.99. The molecule has 0 unspecified atom stereocenters. The number of carbonyl (C=O) groups is 3. The normalized spacial score (nSPS) is 30.7. The van der Waals surface area contributed by atoms with Gasteiger partial charge in [0.1, 0.15) is 5.82 Å². The molecule has 1 aromatic heterocycles. The zero-order valence-corrected chi connectivity index (χ0v) is 16.0. The molecule has 0 bridgehead atoms. The lowest BCUT2D eigenvalue weighted by Gasteiger charge is -2.34. The lowest BCUT2D eigenvalue weighted by molar-refractivity contribution is -0.141. The van der Waals surface area contributed by atoms with Crippen LogP contribution in [-0.4, -0.2) is 44.4 Å². The van der Waals surface area contributed by atoms with Crippen LogP contribution in [0.4, 0.5) is 0 Å². The molecule has 1 saturated heterocycles. The van der Waals surface area contributed by atoms with Crippen LogP contribution in [0.2, 0.25) is 0 Å². The van der Waals surface area contributed by atoms with Gasteiger partial charge in [-0.25, -0.2) is 0 Å². The number of hydrogen-bond donors (Lipinski definition) is 1. The smallest absolute Gasteiger partial charge is 0.233 e. The third-order valence-electron chi connectivity index (χ3n) is 6.54. The predicted octanol–water partition coefficient (Wildman–Crippen LogP) is 0.898. The van der Waals surface area contributed by atoms with Crippen LogP contribution in [0.15, 0.2) is 0 Å². The standard InChI is InChI=1S/C19H27N5O3/c1-11-7-8-12-16(19(27)23(2)18(12)26)15(11)17(25)20-10-14-22-21-13-6-4-3-5-9-24(13)14/h11-12,15-16H,3-10H2,1-2H3,(H,20,25)/t11-,12+,15+,16+/m1/s1. The topological polar surface area (TPSA) is 97.2 Å². The number of nitrogens with one attached hydrogen (secondary N) is 1. The summed E-state index contributed by atoms with van der Waals surface area (Å²) in [5.74, 6) is -0.0142. The number of likely N-dealkylation sites (tertiary alicyclic amines) is 1. The Morgan fingerprint density at radius 1 is 1.15 bits per heavy atom. The van der Waals surface area contributed by atoms with E-state index in [1.807, 2.05) is 6.92 Å². The molecule has 1 N–H and O–H groups in total. The average Bonchev–Trinajstić information content (AvgIpc) is 3.01. The second kappa shape index (κ2) is 7.05. The molecule has 146 valence electrons. The Morgan fingerprint density at radius 2 is 1.96 bits per heavy atom. The largest absolute Gasteiger partial charge is 0.349 e. The quantitative estimate of drug-likeness (QED) is 0.794. The molecule has 3 aliphatic rings. The maximum atomic E-state index is 13.0. The molecular formula is C19H27N5O3. The predicted molar refractivity (Wildman–Crippen MR) is 96.1 cm³/mol. The van der Waals surface area contributed by atoms with E-state index in [-0.39, 0.29) is 29.6 Å². The number of aromatic nitrogens is 3. The van der Waals surface area contributed by atoms with Gasteiger partial charge in [-0.2, -0.15) is 0 Å². The van der Waals surface area contributed by atoms with Gasteiger partial charge in [-0.15, -0.1) is 10.2 Å². The van der Waals surface area contributed by atoms with E-state index in [9.17, 15) is 14.4 Å². The van der Waals surface area contributed by atoms with Gasteiger partial charge in [-0.05, 0) is 31.6 Å². The molecule has 2 aliphatic heterocycles. The summed E-state index contributed by atoms with van der Waals surface area (Å²) in [5.41, 5.74) is 0. The average molecular weight is 373 g/mol. The van der Waals surface area contributed by atoms with Gasteiger partial charge >= 0.3 is 0 Å². The Morgan fingerprint density at radius 3 is 2.78 bits per heavy atom. The molecule has 0 spiro atoms. The van der Waals surface area contributed by atoms with Crippen molar-refractivity contribution in [2.24, 2.45) is 23.7 Å². The van der Waals surface area contributed by atoms with E-state index in [0.29, 0.717) is 13.0 Å². The van der Waals surface area contributed by atoms with Crippen LogP contribution >= 0.6 is 0 Å². The SMILES string of the molecule is C[C@@H]1CC[C@@H]2C(=O)N(C)C(=O)[C@@H]2[C@H]1C(=O)NCc1nnc2n1CCCCC2. The van der Waals surface area contributed by atoms with Crippen molar-refractivity contribution in [3.63, 3.8) is 0 Å². The van der Waals surface area contributed by atoms with E-state index < -0.39 is 11.8 Å². The molecule has 4 atom stereocenters. The monoisotopic (exact) mass is 373 g/mol. The molecule has 3 heterocycles. The lowest BCUT2D eigenvalue weighted by Crippen LogP contribution is -2.45. The summed E-state index contributed by atoms with van der Waals surface area (Å²) in [4.78, 5) is 39.1. The molecule has 1 aliphatic carbocycles. The van der Waals surface area contributed by atoms with Crippen molar-refractivity contribution in [2.45, 2.75) is 58.5 Å². The van der Waals surface area contributed by atoms with Crippen LogP contribution < -0.4 is 5.32 Å². The van der Waals surface area contributed by atoms with Gasteiger partial charge in [0.15, 0.2) is 5.82 Å². The molecule has 0 aromatic carbocycles. The Labute approximate surface area is 158 Å². The Hall–Kier alpha value is -2.25. The molecule has 2 fully saturated rings. The third kappa shape index (κ3) is 3.04. The number of carbonyl (C=O) groups excluding carboxylic acids is 3. The summed E-state index contributed by atoms with van der Waals surface area (Å²) in [7, 11) is 1.52. The van der Waals surface area contributed by atoms with Crippen molar-refractivity contribution in [1.29, 1.82) is 0 Å². The fourth-order valence-electron chi connectivity index (χ4n) is 4.97. The first-order chi connectivity index (χ1) is 13.0. The minimum atomic E-state index is -0.526. The Kier molecular flexibility index (Phi) is 4.74. The molecule has 8 heteroatoms. The zero-order chi connectivity index (χ0) is 19.1. The second-order valence-corrected chi connectivity index (χ2v) is 8.16. The van der Waals surface area contributed by atoms with Crippen LogP contribution in [0, 0.1) is 23.7 Å². The van der Waals surface area contributed by atoms with Gasteiger partial charge in [-0.1, -0.05) is 13.3 Å². The number of hydrogen-bond acceptors (Lipinski definition) is 5. The van der Waals surface area contributed by atoms with Gasteiger partial charge in [0.2, 0.25) is 17.7 Å². The summed E-state index contributed by atoms with van der Waals surface area (Å²) >= 11 is 0. The van der Waals surface area contributed by atoms with Crippen LogP contribution in [-0.2, 0) is 33.9 Å². The Balaban J connectivity index is 1.48. The van der Waals surface area contributed by atoms with E-state index in [2.05, 4.69) is 20.1 Å². The molecule has 1 saturated carbocycles. The highest BCUT2D eigenvalue weighted by Crippen LogP contribution is 2.44. The number of aryl methyl sites for hydroxylation is 1. The van der Waals surface area contributed by atoms with Crippen molar-refractivity contribution >= 4 is 17.7 Å². The number of rotatable bonds is 3. The van der Waals surface area contributed by atoms with Crippen LogP contribution in [0.1, 0.15) is 50.7 Å². The number of amides is 3. The molecular weight excluding hydrogens is 346 g/mol. The third-order valence-corrected chi connectivity index (χ3v) is 6.54. The first kappa shape index (κ1) is 18.1. The summed E-state index contributed by atoms with van der Waals surface area (Å²) in [5, 5.41) is 11.5. The lowest BCUT2D eigenvalue weighted by atomic mass is 9.67. The zero-order valence-electron chi connectivity index (χ0n) is 16.0. The van der Waals surface area contributed by atoms with E-state index >= 15 is 0 Å².